The van der Waals surface area contributed by atoms with Crippen molar-refractivity contribution in [1.82, 2.24) is 14.8 Å². The predicted molar refractivity (Wildman–Crippen MR) is 116 cm³/mol. The van der Waals surface area contributed by atoms with E-state index in [-0.39, 0.29) is 22.7 Å². The number of nitrogens with one attached hydrogen (secondary N) is 1. The van der Waals surface area contributed by atoms with Crippen molar-refractivity contribution in [3.8, 4) is 16.8 Å². The van der Waals surface area contributed by atoms with E-state index < -0.39 is 0 Å². The minimum absolute atomic E-state index is 0.153. The number of aromatic nitrogens is 2. The normalized spacial score (nSPS) is 12.0. The molecule has 0 radical (unpaired) electrons. The summed E-state index contributed by atoms with van der Waals surface area (Å²) in [6, 6.07) is 12.0. The number of benzene rings is 2. The number of halogens is 1. The molecule has 3 rings (SSSR count). The number of hydrogen-bond acceptors (Lipinski definition) is 2. The standard InChI is InChI=1S/C23H27BFN3O/c1-22(2,3)21-27-24-14-28(21)19-12-16(15-7-9-18(25)10-8-15)11-17(13-19)20(29)26-23(4,5)6/h7-14H,1-6H3,(H,26,29). The van der Waals surface area contributed by atoms with Crippen LogP contribution in [0.2, 0.25) is 0 Å². The molecule has 0 saturated carbocycles. The van der Waals surface area contributed by atoms with Gasteiger partial charge in [0.05, 0.1) is 0 Å². The summed E-state index contributed by atoms with van der Waals surface area (Å²) in [7, 11) is 1.76. The fourth-order valence-electron chi connectivity index (χ4n) is 3.17. The van der Waals surface area contributed by atoms with E-state index in [1.807, 2.05) is 49.6 Å². The summed E-state index contributed by atoms with van der Waals surface area (Å²) >= 11 is 0. The fourth-order valence-corrected chi connectivity index (χ4v) is 3.17. The van der Waals surface area contributed by atoms with Crippen molar-refractivity contribution in [1.29, 1.82) is 0 Å². The van der Waals surface area contributed by atoms with Crippen LogP contribution < -0.4 is 5.32 Å². The predicted octanol–water partition coefficient (Wildman–Crippen LogP) is 4.84. The Bertz CT molecular complexity index is 1030. The molecule has 0 aliphatic rings. The average molecular weight is 391 g/mol. The van der Waals surface area contributed by atoms with Gasteiger partial charge < -0.3 is 0 Å². The Hall–Kier alpha value is -2.76. The van der Waals surface area contributed by atoms with E-state index in [0.717, 1.165) is 22.6 Å². The molecule has 1 heterocycles. The summed E-state index contributed by atoms with van der Waals surface area (Å²) in [5.41, 5.74) is 2.56. The van der Waals surface area contributed by atoms with E-state index in [9.17, 15) is 9.18 Å². The van der Waals surface area contributed by atoms with Crippen LogP contribution >= 0.6 is 0 Å². The molecule has 2 aromatic carbocycles. The number of carbonyl (C=O) groups is 1. The van der Waals surface area contributed by atoms with E-state index in [0.29, 0.717) is 5.56 Å². The van der Waals surface area contributed by atoms with Gasteiger partial charge in [-0.05, 0) is 0 Å². The number of carbonyl (C=O) groups excluding carboxylic acids is 1. The van der Waals surface area contributed by atoms with E-state index in [4.69, 9.17) is 0 Å². The van der Waals surface area contributed by atoms with Gasteiger partial charge >= 0.3 is 172 Å². The van der Waals surface area contributed by atoms with Gasteiger partial charge in [-0.1, -0.05) is 0 Å². The van der Waals surface area contributed by atoms with Gasteiger partial charge in [0.1, 0.15) is 0 Å². The van der Waals surface area contributed by atoms with Crippen LogP contribution in [0.4, 0.5) is 4.39 Å². The molecule has 1 N–H and O–H groups in total. The summed E-state index contributed by atoms with van der Waals surface area (Å²) in [6.07, 6.45) is 1.90. The molecule has 29 heavy (non-hydrogen) atoms. The summed E-state index contributed by atoms with van der Waals surface area (Å²) in [6.45, 7) is 12.1. The molecule has 150 valence electrons. The molecule has 3 aromatic rings. The second-order valence-electron chi connectivity index (χ2n) is 9.35. The van der Waals surface area contributed by atoms with Crippen LogP contribution in [0.15, 0.2) is 48.6 Å². The molecule has 0 unspecified atom stereocenters. The number of rotatable bonds is 3. The van der Waals surface area contributed by atoms with Gasteiger partial charge in [0.2, 0.25) is 0 Å². The third-order valence-electron chi connectivity index (χ3n) is 4.44. The Morgan fingerprint density at radius 1 is 1.00 bits per heavy atom. The summed E-state index contributed by atoms with van der Waals surface area (Å²) in [5, 5.41) is 3.02. The molecule has 0 saturated heterocycles. The van der Waals surface area contributed by atoms with Gasteiger partial charge in [-0.25, -0.2) is 0 Å². The van der Waals surface area contributed by atoms with Crippen LogP contribution in [-0.4, -0.2) is 28.0 Å². The van der Waals surface area contributed by atoms with Gasteiger partial charge in [0.15, 0.2) is 0 Å². The third kappa shape index (κ3) is 5.00. The zero-order valence-electron chi connectivity index (χ0n) is 17.9. The van der Waals surface area contributed by atoms with Crippen LogP contribution in [0.5, 0.6) is 0 Å². The Balaban J connectivity index is 2.17. The van der Waals surface area contributed by atoms with Crippen molar-refractivity contribution in [3.05, 3.63) is 65.8 Å². The minimum atomic E-state index is -0.352. The van der Waals surface area contributed by atoms with E-state index in [1.165, 1.54) is 12.1 Å². The van der Waals surface area contributed by atoms with Crippen molar-refractivity contribution in [3.63, 3.8) is 0 Å². The first-order valence-electron chi connectivity index (χ1n) is 9.72. The van der Waals surface area contributed by atoms with Crippen LogP contribution in [0.25, 0.3) is 16.8 Å². The molecular weight excluding hydrogens is 364 g/mol. The second kappa shape index (κ2) is 7.58. The molecule has 0 bridgehead atoms. The first-order valence-corrected chi connectivity index (χ1v) is 9.72. The van der Waals surface area contributed by atoms with Crippen molar-refractivity contribution in [2.24, 2.45) is 0 Å². The second-order valence-corrected chi connectivity index (χ2v) is 9.35. The van der Waals surface area contributed by atoms with Crippen molar-refractivity contribution in [2.75, 3.05) is 0 Å². The number of hydrogen-bond donors (Lipinski definition) is 1. The molecule has 0 fully saturated rings. The SMILES string of the molecule is CC(C)(C)NC(=O)c1cc(-c2ccc(F)cc2)cc(-n2cbnc2C(C)(C)C)c1. The van der Waals surface area contributed by atoms with Gasteiger partial charge in [-0.2, -0.15) is 0 Å². The molecule has 0 atom stereocenters. The molecule has 0 aliphatic carbocycles. The quantitative estimate of drug-likeness (QED) is 0.694. The Morgan fingerprint density at radius 2 is 1.66 bits per heavy atom. The maximum absolute atomic E-state index is 13.4. The zero-order valence-corrected chi connectivity index (χ0v) is 17.9. The molecule has 6 heteroatoms. The molecule has 1 aromatic heterocycles. The van der Waals surface area contributed by atoms with E-state index in [1.54, 1.807) is 19.2 Å². The third-order valence-corrected chi connectivity index (χ3v) is 4.44. The van der Waals surface area contributed by atoms with Gasteiger partial charge in [-0.3, -0.25) is 0 Å². The monoisotopic (exact) mass is 391 g/mol. The van der Waals surface area contributed by atoms with Crippen molar-refractivity contribution < 1.29 is 9.18 Å². The fraction of sp³-hybridized carbons (Fsp3) is 0.348. The molecular formula is C23H27BFN3O. The van der Waals surface area contributed by atoms with E-state index >= 15 is 0 Å². The number of amides is 1. The van der Waals surface area contributed by atoms with Crippen LogP contribution in [-0.2, 0) is 5.41 Å². The summed E-state index contributed by atoms with van der Waals surface area (Å²) < 4.78 is 15.4. The van der Waals surface area contributed by atoms with Gasteiger partial charge in [0.25, 0.3) is 0 Å². The van der Waals surface area contributed by atoms with Crippen molar-refractivity contribution in [2.45, 2.75) is 52.5 Å². The van der Waals surface area contributed by atoms with Crippen LogP contribution in [0, 0.1) is 5.82 Å². The van der Waals surface area contributed by atoms with Gasteiger partial charge in [-0.15, -0.1) is 0 Å². The van der Waals surface area contributed by atoms with Crippen LogP contribution in [0.1, 0.15) is 57.7 Å². The average Bonchev–Trinajstić information content (AvgIpc) is 3.11. The summed E-state index contributed by atoms with van der Waals surface area (Å²) in [4.78, 5) is 17.4. The Labute approximate surface area is 172 Å². The number of nitrogens with zero attached hydrogens (tertiary/aromatic N) is 2. The molecule has 0 aliphatic heterocycles. The van der Waals surface area contributed by atoms with Crippen LogP contribution in [0.3, 0.4) is 0 Å². The molecule has 4 nitrogen and oxygen atoms in total. The molecule has 1 amide bonds. The zero-order chi connectivity index (χ0) is 21.4. The Morgan fingerprint density at radius 3 is 2.24 bits per heavy atom. The Kier molecular flexibility index (Phi) is 5.48. The summed E-state index contributed by atoms with van der Waals surface area (Å²) in [5.74, 6) is 0.455. The topological polar surface area (TPSA) is 46.9 Å². The van der Waals surface area contributed by atoms with Crippen molar-refractivity contribution >= 4 is 13.0 Å². The van der Waals surface area contributed by atoms with E-state index in [2.05, 4.69) is 31.0 Å². The first-order chi connectivity index (χ1) is 13.4. The maximum atomic E-state index is 13.4. The van der Waals surface area contributed by atoms with Gasteiger partial charge in [0, 0.05) is 0 Å². The molecule has 0 spiro atoms. The first kappa shape index (κ1) is 21.0.